The monoisotopic (exact) mass is 340 g/mol. The van der Waals surface area contributed by atoms with Crippen molar-refractivity contribution in [3.8, 4) is 17.4 Å². The second-order valence-corrected chi connectivity index (χ2v) is 5.31. The minimum Gasteiger partial charge on any atom is -0.497 e. The lowest BCUT2D eigenvalue weighted by atomic mass is 9.80. The van der Waals surface area contributed by atoms with Crippen molar-refractivity contribution in [3.63, 3.8) is 0 Å². The van der Waals surface area contributed by atoms with Crippen molar-refractivity contribution in [2.24, 2.45) is 0 Å². The van der Waals surface area contributed by atoms with Crippen molar-refractivity contribution in [1.82, 2.24) is 9.97 Å². The molecule has 1 heterocycles. The zero-order valence-electron chi connectivity index (χ0n) is 13.8. The number of benzene rings is 2. The van der Waals surface area contributed by atoms with Crippen LogP contribution in [0.25, 0.3) is 11.0 Å². The van der Waals surface area contributed by atoms with E-state index in [9.17, 15) is 0 Å². The van der Waals surface area contributed by atoms with Gasteiger partial charge in [-0.05, 0) is 11.0 Å². The third kappa shape index (κ3) is 3.81. The quantitative estimate of drug-likeness (QED) is 0.644. The van der Waals surface area contributed by atoms with Crippen LogP contribution in [0.4, 0.5) is 0 Å². The van der Waals surface area contributed by atoms with Crippen LogP contribution in [-0.4, -0.2) is 41.4 Å². The first-order valence-electron chi connectivity index (χ1n) is 7.57. The van der Waals surface area contributed by atoms with Crippen molar-refractivity contribution in [3.05, 3.63) is 48.2 Å². The van der Waals surface area contributed by atoms with Gasteiger partial charge in [0.05, 0.1) is 20.4 Å². The van der Waals surface area contributed by atoms with E-state index in [4.69, 9.17) is 24.3 Å². The van der Waals surface area contributed by atoms with Crippen LogP contribution in [0.1, 0.15) is 5.56 Å². The summed E-state index contributed by atoms with van der Waals surface area (Å²) in [5.41, 5.74) is 2.52. The SMILES string of the molecule is COc1cc(OC)c2ncc(OCc3ccc(B(O)O)cc3)nc2c1. The first kappa shape index (κ1) is 17.0. The Morgan fingerprint density at radius 3 is 2.44 bits per heavy atom. The third-order valence-corrected chi connectivity index (χ3v) is 3.68. The van der Waals surface area contributed by atoms with Gasteiger partial charge in [0.25, 0.3) is 0 Å². The van der Waals surface area contributed by atoms with Gasteiger partial charge in [-0.1, -0.05) is 24.3 Å². The lowest BCUT2D eigenvalue weighted by Gasteiger charge is -2.10. The molecule has 0 aliphatic heterocycles. The number of methoxy groups -OCH3 is 2. The molecule has 1 aromatic heterocycles. The minimum atomic E-state index is -1.48. The molecule has 0 amide bonds. The van der Waals surface area contributed by atoms with Crippen LogP contribution in [0.2, 0.25) is 0 Å². The van der Waals surface area contributed by atoms with Crippen molar-refractivity contribution in [2.45, 2.75) is 6.61 Å². The summed E-state index contributed by atoms with van der Waals surface area (Å²) in [6.07, 6.45) is 1.53. The standard InChI is InChI=1S/C17H17BN2O5/c1-23-13-7-14-17(15(8-13)24-2)19-9-16(20-14)25-10-11-3-5-12(6-4-11)18(21)22/h3-9,21-22H,10H2,1-2H3. The summed E-state index contributed by atoms with van der Waals surface area (Å²) in [5.74, 6) is 1.56. The topological polar surface area (TPSA) is 93.9 Å². The summed E-state index contributed by atoms with van der Waals surface area (Å²) in [4.78, 5) is 8.77. The molecular formula is C17H17BN2O5. The fourth-order valence-electron chi connectivity index (χ4n) is 2.34. The molecule has 0 aliphatic carbocycles. The Balaban J connectivity index is 1.79. The highest BCUT2D eigenvalue weighted by atomic mass is 16.5. The molecule has 0 radical (unpaired) electrons. The average molecular weight is 340 g/mol. The van der Waals surface area contributed by atoms with E-state index < -0.39 is 7.12 Å². The molecule has 0 atom stereocenters. The van der Waals surface area contributed by atoms with Gasteiger partial charge in [-0.25, -0.2) is 9.97 Å². The fraction of sp³-hybridized carbons (Fsp3) is 0.176. The number of fused-ring (bicyclic) bond motifs is 1. The fourth-order valence-corrected chi connectivity index (χ4v) is 2.34. The van der Waals surface area contributed by atoms with E-state index in [0.717, 1.165) is 5.56 Å². The molecule has 2 N–H and O–H groups in total. The number of ether oxygens (including phenoxy) is 3. The van der Waals surface area contributed by atoms with Crippen molar-refractivity contribution < 1.29 is 24.3 Å². The zero-order valence-corrected chi connectivity index (χ0v) is 13.8. The lowest BCUT2D eigenvalue weighted by Crippen LogP contribution is -2.29. The second-order valence-electron chi connectivity index (χ2n) is 5.31. The summed E-state index contributed by atoms with van der Waals surface area (Å²) < 4.78 is 16.2. The average Bonchev–Trinajstić information content (AvgIpc) is 2.65. The Hall–Kier alpha value is -2.84. The molecule has 0 aliphatic rings. The highest BCUT2D eigenvalue weighted by Crippen LogP contribution is 2.29. The van der Waals surface area contributed by atoms with Crippen LogP contribution in [0.15, 0.2) is 42.6 Å². The maximum Gasteiger partial charge on any atom is 0.488 e. The Morgan fingerprint density at radius 2 is 1.80 bits per heavy atom. The molecule has 0 saturated carbocycles. The predicted molar refractivity (Wildman–Crippen MR) is 93.2 cm³/mol. The number of rotatable bonds is 6. The maximum absolute atomic E-state index is 9.09. The zero-order chi connectivity index (χ0) is 17.8. The molecule has 3 aromatic rings. The molecule has 0 bridgehead atoms. The van der Waals surface area contributed by atoms with Gasteiger partial charge >= 0.3 is 7.12 Å². The summed E-state index contributed by atoms with van der Waals surface area (Å²) in [6, 6.07) is 10.3. The van der Waals surface area contributed by atoms with Crippen molar-refractivity contribution in [2.75, 3.05) is 14.2 Å². The van der Waals surface area contributed by atoms with Gasteiger partial charge in [0.15, 0.2) is 0 Å². The molecule has 128 valence electrons. The van der Waals surface area contributed by atoms with E-state index >= 15 is 0 Å². The number of nitrogens with zero attached hydrogens (tertiary/aromatic N) is 2. The number of aromatic nitrogens is 2. The van der Waals surface area contributed by atoms with Crippen LogP contribution in [0.3, 0.4) is 0 Å². The van der Waals surface area contributed by atoms with Gasteiger partial charge in [0.2, 0.25) is 5.88 Å². The highest BCUT2D eigenvalue weighted by molar-refractivity contribution is 6.58. The van der Waals surface area contributed by atoms with Crippen LogP contribution in [0, 0.1) is 0 Å². The van der Waals surface area contributed by atoms with E-state index in [1.54, 1.807) is 50.6 Å². The summed E-state index contributed by atoms with van der Waals surface area (Å²) >= 11 is 0. The number of hydrogen-bond acceptors (Lipinski definition) is 7. The van der Waals surface area contributed by atoms with Crippen LogP contribution in [-0.2, 0) is 6.61 Å². The smallest absolute Gasteiger partial charge is 0.488 e. The maximum atomic E-state index is 9.09. The van der Waals surface area contributed by atoms with Crippen LogP contribution >= 0.6 is 0 Å². The van der Waals surface area contributed by atoms with Crippen LogP contribution < -0.4 is 19.7 Å². The van der Waals surface area contributed by atoms with Gasteiger partial charge in [-0.2, -0.15) is 0 Å². The number of hydrogen-bond donors (Lipinski definition) is 2. The van der Waals surface area contributed by atoms with Gasteiger partial charge < -0.3 is 24.3 Å². The van der Waals surface area contributed by atoms with Gasteiger partial charge in [0.1, 0.15) is 29.1 Å². The molecule has 0 fully saturated rings. The Kier molecular flexibility index (Phi) is 5.01. The van der Waals surface area contributed by atoms with E-state index in [0.29, 0.717) is 33.9 Å². The molecule has 3 rings (SSSR count). The normalized spacial score (nSPS) is 10.6. The molecule has 0 unspecified atom stereocenters. The largest absolute Gasteiger partial charge is 0.497 e. The van der Waals surface area contributed by atoms with Gasteiger partial charge in [-0.15, -0.1) is 0 Å². The molecular weight excluding hydrogens is 323 g/mol. The lowest BCUT2D eigenvalue weighted by molar-refractivity contribution is 0.293. The van der Waals surface area contributed by atoms with Gasteiger partial charge in [-0.3, -0.25) is 0 Å². The molecule has 0 saturated heterocycles. The van der Waals surface area contributed by atoms with E-state index in [1.807, 2.05) is 0 Å². The molecule has 25 heavy (non-hydrogen) atoms. The second kappa shape index (κ2) is 7.37. The van der Waals surface area contributed by atoms with Crippen molar-refractivity contribution in [1.29, 1.82) is 0 Å². The molecule has 8 heteroatoms. The molecule has 2 aromatic carbocycles. The van der Waals surface area contributed by atoms with Gasteiger partial charge in [0, 0.05) is 12.1 Å². The van der Waals surface area contributed by atoms with E-state index in [1.165, 1.54) is 6.20 Å². The summed E-state index contributed by atoms with van der Waals surface area (Å²) in [7, 11) is 1.65. The van der Waals surface area contributed by atoms with E-state index in [2.05, 4.69) is 9.97 Å². The molecule has 7 nitrogen and oxygen atoms in total. The Labute approximate surface area is 145 Å². The summed E-state index contributed by atoms with van der Waals surface area (Å²) in [5, 5.41) is 18.2. The third-order valence-electron chi connectivity index (χ3n) is 3.68. The van der Waals surface area contributed by atoms with Crippen LogP contribution in [0.5, 0.6) is 17.4 Å². The predicted octanol–water partition coefficient (Wildman–Crippen LogP) is 0.906. The minimum absolute atomic E-state index is 0.281. The van der Waals surface area contributed by atoms with Crippen molar-refractivity contribution >= 4 is 23.6 Å². The summed E-state index contributed by atoms with van der Waals surface area (Å²) in [6.45, 7) is 0.281. The first-order valence-corrected chi connectivity index (χ1v) is 7.57. The highest BCUT2D eigenvalue weighted by Gasteiger charge is 2.11. The Morgan fingerprint density at radius 1 is 1.04 bits per heavy atom. The van der Waals surface area contributed by atoms with E-state index in [-0.39, 0.29) is 6.61 Å². The Bertz CT molecular complexity index is 871. The first-order chi connectivity index (χ1) is 12.1. The molecule has 0 spiro atoms.